The number of carbonyl (C=O) groups is 1. The summed E-state index contributed by atoms with van der Waals surface area (Å²) < 4.78 is 10.4. The third kappa shape index (κ3) is 4.22. The van der Waals surface area contributed by atoms with Crippen LogP contribution in [0.5, 0.6) is 5.75 Å². The number of aromatic nitrogens is 2. The Morgan fingerprint density at radius 3 is 2.96 bits per heavy atom. The maximum atomic E-state index is 11.9. The predicted molar refractivity (Wildman–Crippen MR) is 92.8 cm³/mol. The van der Waals surface area contributed by atoms with Crippen LogP contribution in [0, 0.1) is 17.0 Å². The first kappa shape index (κ1) is 17.5. The first-order chi connectivity index (χ1) is 12.5. The quantitative estimate of drug-likeness (QED) is 0.498. The average molecular weight is 374 g/mol. The van der Waals surface area contributed by atoms with Crippen LogP contribution in [0.3, 0.4) is 0 Å². The fourth-order valence-electron chi connectivity index (χ4n) is 2.13. The Kier molecular flexibility index (Phi) is 5.23. The normalized spacial score (nSPS) is 10.5. The first-order valence-corrected chi connectivity index (χ1v) is 8.42. The lowest BCUT2D eigenvalue weighted by Gasteiger charge is -2.07. The SMILES string of the molecule is Cc1cc(OCC(=O)NCc2nc(-c3cccs3)no2)ccc1[N+](=O)[O-]. The lowest BCUT2D eigenvalue weighted by molar-refractivity contribution is -0.385. The largest absolute Gasteiger partial charge is 0.484 e. The molecule has 0 saturated heterocycles. The van der Waals surface area contributed by atoms with E-state index < -0.39 is 4.92 Å². The Morgan fingerprint density at radius 2 is 2.27 bits per heavy atom. The minimum Gasteiger partial charge on any atom is -0.484 e. The summed E-state index contributed by atoms with van der Waals surface area (Å²) in [4.78, 5) is 27.2. The molecular weight excluding hydrogens is 360 g/mol. The Balaban J connectivity index is 1.49. The number of benzene rings is 1. The van der Waals surface area contributed by atoms with E-state index in [9.17, 15) is 14.9 Å². The molecule has 0 saturated carbocycles. The zero-order chi connectivity index (χ0) is 18.5. The summed E-state index contributed by atoms with van der Waals surface area (Å²) in [7, 11) is 0. The molecule has 1 N–H and O–H groups in total. The van der Waals surface area contributed by atoms with E-state index in [0.717, 1.165) is 4.88 Å². The maximum Gasteiger partial charge on any atom is 0.272 e. The minimum absolute atomic E-state index is 0.000241. The van der Waals surface area contributed by atoms with Gasteiger partial charge >= 0.3 is 0 Å². The summed E-state index contributed by atoms with van der Waals surface area (Å²) in [6, 6.07) is 8.06. The van der Waals surface area contributed by atoms with Gasteiger partial charge in [0.25, 0.3) is 11.6 Å². The van der Waals surface area contributed by atoms with Crippen LogP contribution in [-0.4, -0.2) is 27.6 Å². The molecule has 134 valence electrons. The number of thiophene rings is 1. The summed E-state index contributed by atoms with van der Waals surface area (Å²) >= 11 is 1.49. The van der Waals surface area contributed by atoms with E-state index in [4.69, 9.17) is 9.26 Å². The molecule has 0 radical (unpaired) electrons. The van der Waals surface area contributed by atoms with E-state index >= 15 is 0 Å². The molecule has 0 aliphatic heterocycles. The number of nitro benzene ring substituents is 1. The fourth-order valence-corrected chi connectivity index (χ4v) is 2.78. The van der Waals surface area contributed by atoms with Gasteiger partial charge in [-0.25, -0.2) is 0 Å². The molecule has 1 amide bonds. The van der Waals surface area contributed by atoms with Crippen LogP contribution >= 0.6 is 11.3 Å². The second kappa shape index (κ2) is 7.74. The van der Waals surface area contributed by atoms with Crippen molar-refractivity contribution in [2.24, 2.45) is 0 Å². The molecule has 3 rings (SSSR count). The molecular formula is C16H14N4O5S. The van der Waals surface area contributed by atoms with Crippen LogP contribution in [0.15, 0.2) is 40.2 Å². The fraction of sp³-hybridized carbons (Fsp3) is 0.188. The van der Waals surface area contributed by atoms with Crippen molar-refractivity contribution in [3.8, 4) is 16.5 Å². The highest BCUT2D eigenvalue weighted by Gasteiger charge is 2.13. The highest BCUT2D eigenvalue weighted by atomic mass is 32.1. The molecule has 9 nitrogen and oxygen atoms in total. The smallest absolute Gasteiger partial charge is 0.272 e. The van der Waals surface area contributed by atoms with Gasteiger partial charge in [-0.3, -0.25) is 14.9 Å². The number of rotatable bonds is 7. The third-order valence-corrected chi connectivity index (χ3v) is 4.25. The van der Waals surface area contributed by atoms with Gasteiger partial charge in [0, 0.05) is 11.6 Å². The van der Waals surface area contributed by atoms with Crippen LogP contribution in [0.1, 0.15) is 11.5 Å². The molecule has 0 atom stereocenters. The van der Waals surface area contributed by atoms with Gasteiger partial charge in [-0.15, -0.1) is 11.3 Å². The number of ether oxygens (including phenoxy) is 1. The molecule has 0 aliphatic rings. The lowest BCUT2D eigenvalue weighted by Crippen LogP contribution is -2.28. The van der Waals surface area contributed by atoms with Crippen molar-refractivity contribution in [3.05, 3.63) is 57.3 Å². The van der Waals surface area contributed by atoms with Crippen molar-refractivity contribution in [1.82, 2.24) is 15.5 Å². The number of nitrogens with zero attached hydrogens (tertiary/aromatic N) is 3. The van der Waals surface area contributed by atoms with Crippen molar-refractivity contribution >= 4 is 22.9 Å². The molecule has 2 heterocycles. The topological polar surface area (TPSA) is 120 Å². The van der Waals surface area contributed by atoms with Gasteiger partial charge in [0.2, 0.25) is 11.7 Å². The van der Waals surface area contributed by atoms with E-state index in [1.807, 2.05) is 17.5 Å². The van der Waals surface area contributed by atoms with Gasteiger partial charge in [0.05, 0.1) is 16.3 Å². The number of aryl methyl sites for hydroxylation is 1. The molecule has 0 bridgehead atoms. The van der Waals surface area contributed by atoms with Crippen molar-refractivity contribution in [2.75, 3.05) is 6.61 Å². The van der Waals surface area contributed by atoms with Gasteiger partial charge in [0.15, 0.2) is 6.61 Å². The van der Waals surface area contributed by atoms with Crippen LogP contribution in [-0.2, 0) is 11.3 Å². The van der Waals surface area contributed by atoms with Crippen molar-refractivity contribution in [3.63, 3.8) is 0 Å². The molecule has 0 aliphatic carbocycles. The average Bonchev–Trinajstić information content (AvgIpc) is 3.29. The maximum absolute atomic E-state index is 11.9. The number of carbonyl (C=O) groups excluding carboxylic acids is 1. The summed E-state index contributed by atoms with van der Waals surface area (Å²) in [6.07, 6.45) is 0. The number of amides is 1. The summed E-state index contributed by atoms with van der Waals surface area (Å²) in [6.45, 7) is 1.45. The second-order valence-corrected chi connectivity index (χ2v) is 6.21. The van der Waals surface area contributed by atoms with Crippen LogP contribution in [0.4, 0.5) is 5.69 Å². The van der Waals surface area contributed by atoms with Crippen molar-refractivity contribution in [2.45, 2.75) is 13.5 Å². The standard InChI is InChI=1S/C16H14N4O5S/c1-10-7-11(4-5-12(10)20(22)23)24-9-14(21)17-8-15-18-16(19-25-15)13-3-2-6-26-13/h2-7H,8-9H2,1H3,(H,17,21). The number of nitrogens with one attached hydrogen (secondary N) is 1. The molecule has 10 heteroatoms. The molecule has 0 fully saturated rings. The van der Waals surface area contributed by atoms with Crippen molar-refractivity contribution in [1.29, 1.82) is 0 Å². The van der Waals surface area contributed by atoms with Crippen LogP contribution in [0.25, 0.3) is 10.7 Å². The molecule has 3 aromatic rings. The molecule has 0 spiro atoms. The first-order valence-electron chi connectivity index (χ1n) is 7.54. The molecule has 1 aromatic carbocycles. The van der Waals surface area contributed by atoms with Gasteiger partial charge in [-0.05, 0) is 30.5 Å². The van der Waals surface area contributed by atoms with Crippen LogP contribution < -0.4 is 10.1 Å². The highest BCUT2D eigenvalue weighted by Crippen LogP contribution is 2.23. The Hall–Kier alpha value is -3.27. The van der Waals surface area contributed by atoms with Gasteiger partial charge in [0.1, 0.15) is 5.75 Å². The van der Waals surface area contributed by atoms with E-state index in [-0.39, 0.29) is 30.6 Å². The molecule has 2 aromatic heterocycles. The highest BCUT2D eigenvalue weighted by molar-refractivity contribution is 7.13. The van der Waals surface area contributed by atoms with Gasteiger partial charge < -0.3 is 14.6 Å². The Bertz CT molecular complexity index is 923. The monoisotopic (exact) mass is 374 g/mol. The summed E-state index contributed by atoms with van der Waals surface area (Å²) in [5, 5.41) is 19.1. The van der Waals surface area contributed by atoms with Crippen molar-refractivity contribution < 1.29 is 19.0 Å². The second-order valence-electron chi connectivity index (χ2n) is 5.26. The van der Waals surface area contributed by atoms with Gasteiger partial charge in [-0.1, -0.05) is 11.2 Å². The van der Waals surface area contributed by atoms with E-state index in [2.05, 4.69) is 15.5 Å². The Morgan fingerprint density at radius 1 is 1.42 bits per heavy atom. The molecule has 26 heavy (non-hydrogen) atoms. The summed E-state index contributed by atoms with van der Waals surface area (Å²) in [5.74, 6) is 0.757. The van der Waals surface area contributed by atoms with E-state index in [0.29, 0.717) is 17.1 Å². The predicted octanol–water partition coefficient (Wildman–Crippen LogP) is 2.71. The molecule has 0 unspecified atom stereocenters. The summed E-state index contributed by atoms with van der Waals surface area (Å²) in [5.41, 5.74) is 0.458. The zero-order valence-corrected chi connectivity index (χ0v) is 14.5. The minimum atomic E-state index is -0.472. The number of nitro groups is 1. The van der Waals surface area contributed by atoms with E-state index in [1.54, 1.807) is 6.92 Å². The number of hydrogen-bond acceptors (Lipinski definition) is 8. The lowest BCUT2D eigenvalue weighted by atomic mass is 10.2. The third-order valence-electron chi connectivity index (χ3n) is 3.38. The Labute approximate surface area is 151 Å². The van der Waals surface area contributed by atoms with Gasteiger partial charge in [-0.2, -0.15) is 4.98 Å². The zero-order valence-electron chi connectivity index (χ0n) is 13.7. The number of hydrogen-bond donors (Lipinski definition) is 1. The van der Waals surface area contributed by atoms with Crippen LogP contribution in [0.2, 0.25) is 0 Å². The van der Waals surface area contributed by atoms with E-state index in [1.165, 1.54) is 29.5 Å².